The van der Waals surface area contributed by atoms with Gasteiger partial charge in [0.2, 0.25) is 0 Å². The maximum atomic E-state index is 13.1. The van der Waals surface area contributed by atoms with Gasteiger partial charge in [-0.1, -0.05) is 48.5 Å². The number of nitrogens with zero attached hydrogens (tertiary/aromatic N) is 4. The van der Waals surface area contributed by atoms with Gasteiger partial charge < -0.3 is 14.8 Å². The minimum atomic E-state index is -4.38. The number of carbonyl (C=O) groups is 1. The van der Waals surface area contributed by atoms with Gasteiger partial charge in [0.15, 0.2) is 0 Å². The molecule has 2 aliphatic rings. The van der Waals surface area contributed by atoms with Gasteiger partial charge >= 0.3 is 12.2 Å². The lowest BCUT2D eigenvalue weighted by Crippen LogP contribution is -2.50. The fraction of sp³-hybridized carbons (Fsp3) is 0.290. The summed E-state index contributed by atoms with van der Waals surface area (Å²) in [4.78, 5) is 21.8. The predicted octanol–water partition coefficient (Wildman–Crippen LogP) is 6.49. The van der Waals surface area contributed by atoms with Crippen LogP contribution in [-0.4, -0.2) is 44.5 Å². The molecule has 0 saturated carbocycles. The Balaban J connectivity index is 1.18. The van der Waals surface area contributed by atoms with E-state index >= 15 is 0 Å². The molecule has 0 radical (unpaired) electrons. The van der Waals surface area contributed by atoms with Gasteiger partial charge in [0.25, 0.3) is 0 Å². The Kier molecular flexibility index (Phi) is 7.06. The van der Waals surface area contributed by atoms with E-state index < -0.39 is 11.7 Å². The Labute approximate surface area is 231 Å². The maximum Gasteiger partial charge on any atom is 0.416 e. The van der Waals surface area contributed by atoms with Crippen molar-refractivity contribution >= 4 is 11.7 Å². The SMILES string of the molecule is O=C1Nc2ccccc2CN1C1CCN(Cc2ncn(-c3ccc(C(F)(F)F)cc3)c2Cc2ccccc2)CC1. The zero-order valence-corrected chi connectivity index (χ0v) is 21.9. The van der Waals surface area contributed by atoms with E-state index in [0.29, 0.717) is 25.2 Å². The van der Waals surface area contributed by atoms with Crippen molar-refractivity contribution in [2.75, 3.05) is 18.4 Å². The van der Waals surface area contributed by atoms with Crippen LogP contribution in [0.25, 0.3) is 5.69 Å². The number of piperidine rings is 1. The molecule has 1 aromatic heterocycles. The van der Waals surface area contributed by atoms with Gasteiger partial charge in [-0.3, -0.25) is 4.90 Å². The van der Waals surface area contributed by atoms with Crippen molar-refractivity contribution in [3.63, 3.8) is 0 Å². The second-order valence-electron chi connectivity index (χ2n) is 10.4. The van der Waals surface area contributed by atoms with Crippen LogP contribution in [0.4, 0.5) is 23.7 Å². The van der Waals surface area contributed by atoms with E-state index in [4.69, 9.17) is 4.98 Å². The standard InChI is InChI=1S/C31H30F3N5O/c32-31(33,34)24-10-12-25(13-11-24)39-21-35-28(29(39)18-22-6-2-1-3-7-22)20-37-16-14-26(15-17-37)38-19-23-8-4-5-9-27(23)36-30(38)40/h1-13,21,26H,14-20H2,(H,36,40). The van der Waals surface area contributed by atoms with Crippen LogP contribution in [0.3, 0.4) is 0 Å². The van der Waals surface area contributed by atoms with Gasteiger partial charge in [-0.05, 0) is 54.3 Å². The van der Waals surface area contributed by atoms with Gasteiger partial charge in [0, 0.05) is 50.0 Å². The third-order valence-electron chi connectivity index (χ3n) is 7.87. The van der Waals surface area contributed by atoms with Crippen LogP contribution in [0.5, 0.6) is 0 Å². The van der Waals surface area contributed by atoms with E-state index in [0.717, 1.165) is 66.3 Å². The van der Waals surface area contributed by atoms with Crippen LogP contribution in [0.15, 0.2) is 85.2 Å². The topological polar surface area (TPSA) is 53.4 Å². The molecule has 0 bridgehead atoms. The number of anilines is 1. The first kappa shape index (κ1) is 26.1. The largest absolute Gasteiger partial charge is 0.416 e. The number of amides is 2. The number of alkyl halides is 3. The lowest BCUT2D eigenvalue weighted by molar-refractivity contribution is -0.137. The van der Waals surface area contributed by atoms with Crippen molar-refractivity contribution in [1.82, 2.24) is 19.4 Å². The highest BCUT2D eigenvalue weighted by Crippen LogP contribution is 2.31. The zero-order valence-electron chi connectivity index (χ0n) is 21.9. The molecule has 2 aliphatic heterocycles. The molecule has 1 saturated heterocycles. The van der Waals surface area contributed by atoms with Crippen LogP contribution in [0.1, 0.15) is 40.9 Å². The number of halogens is 3. The fourth-order valence-corrected chi connectivity index (χ4v) is 5.67. The molecule has 206 valence electrons. The zero-order chi connectivity index (χ0) is 27.7. The molecule has 3 heterocycles. The summed E-state index contributed by atoms with van der Waals surface area (Å²) in [6.07, 6.45) is -0.332. The molecule has 6 nitrogen and oxygen atoms in total. The number of nitrogens with one attached hydrogen (secondary N) is 1. The molecule has 0 aliphatic carbocycles. The van der Waals surface area contributed by atoms with Crippen LogP contribution >= 0.6 is 0 Å². The van der Waals surface area contributed by atoms with Gasteiger partial charge in [-0.25, -0.2) is 9.78 Å². The number of likely N-dealkylation sites (tertiary alicyclic amines) is 1. The molecule has 4 aromatic rings. The molecule has 9 heteroatoms. The van der Waals surface area contributed by atoms with Crippen molar-refractivity contribution in [2.45, 2.75) is 44.6 Å². The third kappa shape index (κ3) is 5.47. The Morgan fingerprint density at radius 2 is 1.60 bits per heavy atom. The summed E-state index contributed by atoms with van der Waals surface area (Å²) in [6.45, 7) is 2.91. The highest BCUT2D eigenvalue weighted by molar-refractivity contribution is 5.92. The quantitative estimate of drug-likeness (QED) is 0.301. The Bertz CT molecular complexity index is 1480. The number of aromatic nitrogens is 2. The van der Waals surface area contributed by atoms with Crippen molar-refractivity contribution in [3.8, 4) is 5.69 Å². The molecule has 1 fully saturated rings. The second-order valence-corrected chi connectivity index (χ2v) is 10.4. The Morgan fingerprint density at radius 3 is 2.33 bits per heavy atom. The van der Waals surface area contributed by atoms with Gasteiger partial charge in [0.05, 0.1) is 23.3 Å². The molecule has 1 N–H and O–H groups in total. The van der Waals surface area contributed by atoms with E-state index in [1.807, 2.05) is 58.0 Å². The number of carbonyl (C=O) groups excluding carboxylic acids is 1. The summed E-state index contributed by atoms with van der Waals surface area (Å²) in [5.41, 5.74) is 4.96. The van der Waals surface area contributed by atoms with E-state index in [9.17, 15) is 18.0 Å². The summed E-state index contributed by atoms with van der Waals surface area (Å²) in [7, 11) is 0. The average Bonchev–Trinajstić information content (AvgIpc) is 3.35. The summed E-state index contributed by atoms with van der Waals surface area (Å²) >= 11 is 0. The first-order valence-corrected chi connectivity index (χ1v) is 13.5. The van der Waals surface area contributed by atoms with Gasteiger partial charge in [-0.2, -0.15) is 13.2 Å². The van der Waals surface area contributed by atoms with E-state index in [-0.39, 0.29) is 12.1 Å². The summed E-state index contributed by atoms with van der Waals surface area (Å²) in [5.74, 6) is 0. The molecule has 0 unspecified atom stereocenters. The molecular formula is C31H30F3N5O. The van der Waals surface area contributed by atoms with Crippen LogP contribution in [-0.2, 0) is 25.7 Å². The highest BCUT2D eigenvalue weighted by atomic mass is 19.4. The minimum Gasteiger partial charge on any atom is -0.317 e. The lowest BCUT2D eigenvalue weighted by atomic mass is 10.0. The minimum absolute atomic E-state index is 0.0439. The number of urea groups is 1. The van der Waals surface area contributed by atoms with E-state index in [1.54, 1.807) is 6.33 Å². The van der Waals surface area contributed by atoms with Crippen molar-refractivity contribution < 1.29 is 18.0 Å². The number of para-hydroxylation sites is 1. The van der Waals surface area contributed by atoms with Crippen molar-refractivity contribution in [2.24, 2.45) is 0 Å². The smallest absolute Gasteiger partial charge is 0.317 e. The number of imidazole rings is 1. The molecule has 0 atom stereocenters. The van der Waals surface area contributed by atoms with Crippen LogP contribution in [0.2, 0.25) is 0 Å². The normalized spacial score (nSPS) is 16.6. The van der Waals surface area contributed by atoms with Crippen molar-refractivity contribution in [3.05, 3.63) is 113 Å². The number of benzene rings is 3. The third-order valence-corrected chi connectivity index (χ3v) is 7.87. The Hall–Kier alpha value is -4.11. The van der Waals surface area contributed by atoms with E-state index in [2.05, 4.69) is 16.3 Å². The number of hydrogen-bond acceptors (Lipinski definition) is 3. The molecule has 6 rings (SSSR count). The van der Waals surface area contributed by atoms with Crippen LogP contribution < -0.4 is 5.32 Å². The maximum absolute atomic E-state index is 13.1. The monoisotopic (exact) mass is 545 g/mol. The van der Waals surface area contributed by atoms with E-state index in [1.165, 1.54) is 12.1 Å². The molecule has 40 heavy (non-hydrogen) atoms. The van der Waals surface area contributed by atoms with Gasteiger partial charge in [-0.15, -0.1) is 0 Å². The van der Waals surface area contributed by atoms with Crippen molar-refractivity contribution in [1.29, 1.82) is 0 Å². The fourth-order valence-electron chi connectivity index (χ4n) is 5.67. The predicted molar refractivity (Wildman–Crippen MR) is 147 cm³/mol. The summed E-state index contributed by atoms with van der Waals surface area (Å²) in [5, 5.41) is 3.02. The average molecular weight is 546 g/mol. The Morgan fingerprint density at radius 1 is 0.900 bits per heavy atom. The molecule has 3 aromatic carbocycles. The summed E-state index contributed by atoms with van der Waals surface area (Å²) < 4.78 is 41.3. The highest BCUT2D eigenvalue weighted by Gasteiger charge is 2.32. The molecule has 0 spiro atoms. The summed E-state index contributed by atoms with van der Waals surface area (Å²) in [6, 6.07) is 23.3. The molecular weight excluding hydrogens is 515 g/mol. The second kappa shape index (κ2) is 10.8. The first-order valence-electron chi connectivity index (χ1n) is 13.5. The first-order chi connectivity index (χ1) is 19.3. The van der Waals surface area contributed by atoms with Crippen LogP contribution in [0, 0.1) is 0 Å². The van der Waals surface area contributed by atoms with Gasteiger partial charge in [0.1, 0.15) is 0 Å². The lowest BCUT2D eigenvalue weighted by Gasteiger charge is -2.40. The number of hydrogen-bond donors (Lipinski definition) is 1. The molecule has 2 amide bonds. The number of fused-ring (bicyclic) bond motifs is 1. The number of rotatable bonds is 6.